The third kappa shape index (κ3) is 24.7. The predicted molar refractivity (Wildman–Crippen MR) is 171 cm³/mol. The largest absolute Gasteiger partial charge is 0.377 e. The van der Waals surface area contributed by atoms with Crippen LogP contribution in [0.25, 0.3) is 0 Å². The number of unbranched alkanes of at least 4 members (excludes halogenated alkanes) is 10. The molecule has 0 saturated carbocycles. The maximum absolute atomic E-state index is 12.5. The van der Waals surface area contributed by atoms with E-state index in [1.165, 1.54) is 64.1 Å². The van der Waals surface area contributed by atoms with E-state index >= 15 is 0 Å². The molecule has 11 nitrogen and oxygen atoms in total. The number of nitrogens with one attached hydrogen (secondary N) is 4. The number of aromatic nitrogens is 2. The van der Waals surface area contributed by atoms with E-state index < -0.39 is 6.04 Å². The number of aromatic amines is 1. The van der Waals surface area contributed by atoms with Crippen LogP contribution in [0, 0.1) is 0 Å². The molecule has 1 aromatic heterocycles. The number of carbonyl (C=O) groups is 3. The third-order valence-corrected chi connectivity index (χ3v) is 6.50. The lowest BCUT2D eigenvalue weighted by Gasteiger charge is -2.18. The van der Waals surface area contributed by atoms with Crippen molar-refractivity contribution in [2.24, 2.45) is 5.73 Å². The number of halogens is 2. The summed E-state index contributed by atoms with van der Waals surface area (Å²) in [6.07, 6.45) is 18.1. The summed E-state index contributed by atoms with van der Waals surface area (Å²) < 4.78 is 11.0. The van der Waals surface area contributed by atoms with Crippen molar-refractivity contribution in [2.45, 2.75) is 103 Å². The Hall–Kier alpha value is -1.92. The second-order valence-corrected chi connectivity index (χ2v) is 10.1. The standard InChI is InChI=1S/C29H54N6O5.2ClH/c1-2-3-4-5-6-7-8-9-10-11-12-13-27(36)32-16-18-39-20-21-40-19-17-33-29(38)26(35-28(37)14-15-30)22-25-23-31-24-34-25;;/h23-24,26H,2-22,30H2,1H3,(H,31,34)(H,32,36)(H,33,38)(H,35,37);2*1H/t26-;;/m0../s1. The molecule has 1 heterocycles. The molecular weight excluding hydrogens is 583 g/mol. The number of hydrogen-bond donors (Lipinski definition) is 5. The van der Waals surface area contributed by atoms with Gasteiger partial charge < -0.3 is 36.1 Å². The van der Waals surface area contributed by atoms with Gasteiger partial charge in [0.05, 0.1) is 32.8 Å². The molecule has 1 atom stereocenters. The van der Waals surface area contributed by atoms with Crippen LogP contribution in [0.2, 0.25) is 0 Å². The number of carbonyl (C=O) groups excluding carboxylic acids is 3. The zero-order valence-corrected chi connectivity index (χ0v) is 27.1. The smallest absolute Gasteiger partial charge is 0.243 e. The van der Waals surface area contributed by atoms with Gasteiger partial charge in [0.2, 0.25) is 17.7 Å². The highest BCUT2D eigenvalue weighted by Crippen LogP contribution is 2.11. The number of nitrogens with two attached hydrogens (primary N) is 1. The number of H-pyrrole nitrogens is 1. The van der Waals surface area contributed by atoms with Gasteiger partial charge in [0.15, 0.2) is 0 Å². The fourth-order valence-corrected chi connectivity index (χ4v) is 4.22. The van der Waals surface area contributed by atoms with Crippen LogP contribution in [0.5, 0.6) is 0 Å². The predicted octanol–water partition coefficient (Wildman–Crippen LogP) is 3.60. The highest BCUT2D eigenvalue weighted by atomic mass is 35.5. The Kier molecular flexibility index (Phi) is 30.7. The van der Waals surface area contributed by atoms with Crippen LogP contribution in [0.3, 0.4) is 0 Å². The molecule has 0 fully saturated rings. The summed E-state index contributed by atoms with van der Waals surface area (Å²) in [6, 6.07) is -0.729. The molecule has 0 aliphatic rings. The first-order chi connectivity index (χ1) is 19.6. The number of ether oxygens (including phenoxy) is 2. The average molecular weight is 640 g/mol. The third-order valence-electron chi connectivity index (χ3n) is 6.50. The summed E-state index contributed by atoms with van der Waals surface area (Å²) in [5, 5.41) is 8.37. The molecule has 0 saturated heterocycles. The molecule has 0 bridgehead atoms. The SMILES string of the molecule is CCCCCCCCCCCCCC(=O)NCCOCCOCCNC(=O)[C@H](Cc1cnc[nH]1)NC(=O)CCN.Cl.Cl. The molecule has 0 aromatic carbocycles. The van der Waals surface area contributed by atoms with Crippen molar-refractivity contribution in [1.82, 2.24) is 25.9 Å². The van der Waals surface area contributed by atoms with Gasteiger partial charge in [-0.15, -0.1) is 24.8 Å². The molecule has 0 unspecified atom stereocenters. The number of rotatable bonds is 27. The van der Waals surface area contributed by atoms with Crippen molar-refractivity contribution in [3.05, 3.63) is 18.2 Å². The van der Waals surface area contributed by atoms with Gasteiger partial charge in [-0.3, -0.25) is 14.4 Å². The van der Waals surface area contributed by atoms with Crippen LogP contribution < -0.4 is 21.7 Å². The molecule has 246 valence electrons. The molecule has 0 aliphatic heterocycles. The molecule has 0 radical (unpaired) electrons. The van der Waals surface area contributed by atoms with Crippen LogP contribution in [0.1, 0.15) is 96.1 Å². The van der Waals surface area contributed by atoms with Gasteiger partial charge in [0.25, 0.3) is 0 Å². The molecule has 42 heavy (non-hydrogen) atoms. The van der Waals surface area contributed by atoms with E-state index in [4.69, 9.17) is 15.2 Å². The maximum atomic E-state index is 12.5. The van der Waals surface area contributed by atoms with Gasteiger partial charge in [-0.05, 0) is 6.42 Å². The van der Waals surface area contributed by atoms with E-state index in [-0.39, 0.29) is 55.5 Å². The lowest BCUT2D eigenvalue weighted by Crippen LogP contribution is -2.49. The van der Waals surface area contributed by atoms with Crippen LogP contribution in [-0.4, -0.2) is 79.8 Å². The average Bonchev–Trinajstić information content (AvgIpc) is 3.45. The Labute approximate surface area is 264 Å². The summed E-state index contributed by atoms with van der Waals surface area (Å²) in [5.74, 6) is -0.499. The molecule has 1 aromatic rings. The molecule has 3 amide bonds. The van der Waals surface area contributed by atoms with Gasteiger partial charge in [-0.2, -0.15) is 0 Å². The Morgan fingerprint density at radius 3 is 1.93 bits per heavy atom. The molecule has 0 aliphatic carbocycles. The number of imidazole rings is 1. The van der Waals surface area contributed by atoms with E-state index in [0.29, 0.717) is 52.4 Å². The van der Waals surface area contributed by atoms with Crippen molar-refractivity contribution in [2.75, 3.05) is 46.1 Å². The minimum absolute atomic E-state index is 0. The first-order valence-corrected chi connectivity index (χ1v) is 15.2. The van der Waals surface area contributed by atoms with Crippen molar-refractivity contribution >= 4 is 42.5 Å². The van der Waals surface area contributed by atoms with Gasteiger partial charge in [-0.1, -0.05) is 71.1 Å². The fourth-order valence-electron chi connectivity index (χ4n) is 4.22. The first-order valence-electron chi connectivity index (χ1n) is 15.2. The van der Waals surface area contributed by atoms with E-state index in [9.17, 15) is 14.4 Å². The number of amides is 3. The zero-order chi connectivity index (χ0) is 29.1. The van der Waals surface area contributed by atoms with Crippen molar-refractivity contribution < 1.29 is 23.9 Å². The topological polar surface area (TPSA) is 160 Å². The van der Waals surface area contributed by atoms with Gasteiger partial charge in [-0.25, -0.2) is 4.98 Å². The lowest BCUT2D eigenvalue weighted by atomic mass is 10.1. The van der Waals surface area contributed by atoms with Crippen molar-refractivity contribution in [1.29, 1.82) is 0 Å². The zero-order valence-electron chi connectivity index (χ0n) is 25.5. The Morgan fingerprint density at radius 1 is 0.810 bits per heavy atom. The molecule has 1 rings (SSSR count). The highest BCUT2D eigenvalue weighted by Gasteiger charge is 2.21. The Bertz CT molecular complexity index is 774. The van der Waals surface area contributed by atoms with Gasteiger partial charge in [0, 0.05) is 50.8 Å². The molecule has 0 spiro atoms. The summed E-state index contributed by atoms with van der Waals surface area (Å²) in [7, 11) is 0. The first kappa shape index (κ1) is 42.2. The second kappa shape index (κ2) is 30.5. The normalized spacial score (nSPS) is 11.2. The van der Waals surface area contributed by atoms with Crippen LogP contribution in [-0.2, 0) is 30.3 Å². The van der Waals surface area contributed by atoms with Gasteiger partial charge >= 0.3 is 0 Å². The van der Waals surface area contributed by atoms with Crippen LogP contribution in [0.4, 0.5) is 0 Å². The monoisotopic (exact) mass is 638 g/mol. The summed E-state index contributed by atoms with van der Waals surface area (Å²) in [6.45, 7) is 4.79. The Balaban J connectivity index is 0. The fraction of sp³-hybridized carbons (Fsp3) is 0.793. The van der Waals surface area contributed by atoms with E-state index in [0.717, 1.165) is 18.5 Å². The van der Waals surface area contributed by atoms with Crippen LogP contribution >= 0.6 is 24.8 Å². The van der Waals surface area contributed by atoms with Crippen molar-refractivity contribution in [3.63, 3.8) is 0 Å². The van der Waals surface area contributed by atoms with E-state index in [1.807, 2.05) is 0 Å². The Morgan fingerprint density at radius 2 is 1.38 bits per heavy atom. The molecule has 6 N–H and O–H groups in total. The van der Waals surface area contributed by atoms with Gasteiger partial charge in [0.1, 0.15) is 6.04 Å². The molecular formula is C29H56Cl2N6O5. The minimum atomic E-state index is -0.729. The van der Waals surface area contributed by atoms with Crippen LogP contribution in [0.15, 0.2) is 12.5 Å². The van der Waals surface area contributed by atoms with E-state index in [1.54, 1.807) is 6.20 Å². The second-order valence-electron chi connectivity index (χ2n) is 10.1. The maximum Gasteiger partial charge on any atom is 0.243 e. The summed E-state index contributed by atoms with van der Waals surface area (Å²) >= 11 is 0. The quantitative estimate of drug-likeness (QED) is 0.0920. The van der Waals surface area contributed by atoms with E-state index in [2.05, 4.69) is 32.8 Å². The summed E-state index contributed by atoms with van der Waals surface area (Å²) in [5.41, 5.74) is 6.16. The number of nitrogens with zero attached hydrogens (tertiary/aromatic N) is 1. The summed E-state index contributed by atoms with van der Waals surface area (Å²) in [4.78, 5) is 43.3. The minimum Gasteiger partial charge on any atom is -0.377 e. The van der Waals surface area contributed by atoms with Crippen molar-refractivity contribution in [3.8, 4) is 0 Å². The highest BCUT2D eigenvalue weighted by molar-refractivity contribution is 5.87. The lowest BCUT2D eigenvalue weighted by molar-refractivity contribution is -0.129. The number of hydrogen-bond acceptors (Lipinski definition) is 7. The molecule has 13 heteroatoms.